The van der Waals surface area contributed by atoms with Gasteiger partial charge in [0.2, 0.25) is 5.43 Å². The summed E-state index contributed by atoms with van der Waals surface area (Å²) in [5.41, 5.74) is -3.47. The van der Waals surface area contributed by atoms with E-state index in [1.54, 1.807) is 0 Å². The Morgan fingerprint density at radius 2 is 0.957 bits per heavy atom. The molecule has 17 nitrogen and oxygen atoms in total. The maximum atomic E-state index is 14.5. The highest BCUT2D eigenvalue weighted by Crippen LogP contribution is 2.51. The number of phenols is 3. The number of ether oxygens (including phenoxy) is 3. The van der Waals surface area contributed by atoms with Gasteiger partial charge in [-0.1, -0.05) is 0 Å². The second kappa shape index (κ2) is 12.5. The van der Waals surface area contributed by atoms with Gasteiger partial charge in [-0.2, -0.15) is 0 Å². The highest BCUT2D eigenvalue weighted by molar-refractivity contribution is 5.93. The largest absolute Gasteiger partial charge is 0.508 e. The van der Waals surface area contributed by atoms with E-state index >= 15 is 0 Å². The van der Waals surface area contributed by atoms with Crippen molar-refractivity contribution >= 4 is 11.0 Å². The van der Waals surface area contributed by atoms with Crippen molar-refractivity contribution in [1.29, 1.82) is 0 Å². The average Bonchev–Trinajstić information content (AvgIpc) is 3.04. The summed E-state index contributed by atoms with van der Waals surface area (Å²) in [4.78, 5) is 14.5. The number of phenolic OH excluding ortho intramolecular Hbond substituents is 3. The number of aliphatic hydroxyl groups is 9. The highest BCUT2D eigenvalue weighted by Gasteiger charge is 2.47. The Kier molecular flexibility index (Phi) is 8.94. The first-order valence-corrected chi connectivity index (χ1v) is 14.6. The van der Waals surface area contributed by atoms with E-state index in [2.05, 4.69) is 0 Å². The number of fused-ring (bicyclic) bond motifs is 1. The van der Waals surface area contributed by atoms with Gasteiger partial charge in [-0.3, -0.25) is 4.79 Å². The van der Waals surface area contributed by atoms with Gasteiger partial charge in [0.25, 0.3) is 0 Å². The van der Waals surface area contributed by atoms with Crippen LogP contribution in [0.15, 0.2) is 33.5 Å². The zero-order chi connectivity index (χ0) is 34.1. The molecule has 0 radical (unpaired) electrons. The molecule has 0 aliphatic carbocycles. The van der Waals surface area contributed by atoms with E-state index in [4.69, 9.17) is 18.6 Å². The minimum absolute atomic E-state index is 0.0749. The molecule has 1 aromatic heterocycles. The summed E-state index contributed by atoms with van der Waals surface area (Å²) in [5.74, 6) is -2.59. The summed E-state index contributed by atoms with van der Waals surface area (Å²) in [6, 6.07) is 5.07. The number of benzene rings is 2. The van der Waals surface area contributed by atoms with Gasteiger partial charge < -0.3 is 79.9 Å². The Morgan fingerprint density at radius 3 is 1.43 bits per heavy atom. The van der Waals surface area contributed by atoms with Crippen molar-refractivity contribution in [3.05, 3.63) is 51.2 Å². The zero-order valence-electron chi connectivity index (χ0n) is 24.3. The Labute approximate surface area is 263 Å². The lowest BCUT2D eigenvalue weighted by atomic mass is 9.85. The molecule has 3 aliphatic heterocycles. The molecule has 0 bridgehead atoms. The van der Waals surface area contributed by atoms with Crippen molar-refractivity contribution in [1.82, 2.24) is 0 Å². The summed E-state index contributed by atoms with van der Waals surface area (Å²) >= 11 is 0. The quantitative estimate of drug-likeness (QED) is 0.132. The SMILES string of the molecule is O=c1c([C@@H]2OC[C@@H](O)[C@H](O)[C@H]2O)c(-c2ccc(O)cc2)oc2c([C@@H]3OC[C@@H](O)[C@H](O)[C@H]3O)c(O)c([C@@H]3OC[C@@H](O)[C@H](O)[C@H]3O)c(O)c12. The van der Waals surface area contributed by atoms with Crippen molar-refractivity contribution in [2.24, 2.45) is 0 Å². The molecule has 3 saturated heterocycles. The average molecular weight is 667 g/mol. The van der Waals surface area contributed by atoms with Gasteiger partial charge in [0, 0.05) is 5.56 Å². The van der Waals surface area contributed by atoms with Crippen LogP contribution in [0.25, 0.3) is 22.3 Å². The molecule has 0 amide bonds. The van der Waals surface area contributed by atoms with Crippen molar-refractivity contribution < 1.29 is 79.9 Å². The Balaban J connectivity index is 1.71. The van der Waals surface area contributed by atoms with Crippen LogP contribution in [0, 0.1) is 0 Å². The van der Waals surface area contributed by atoms with Gasteiger partial charge in [-0.05, 0) is 24.3 Å². The molecule has 3 aromatic rings. The first kappa shape index (κ1) is 33.5. The van der Waals surface area contributed by atoms with Crippen LogP contribution in [0.2, 0.25) is 0 Å². The zero-order valence-corrected chi connectivity index (χ0v) is 24.3. The molecule has 3 fully saturated rings. The lowest BCUT2D eigenvalue weighted by Crippen LogP contribution is -2.50. The number of hydrogen-bond donors (Lipinski definition) is 12. The Bertz CT molecular complexity index is 1690. The minimum atomic E-state index is -1.99. The first-order valence-electron chi connectivity index (χ1n) is 14.6. The molecular weight excluding hydrogens is 632 g/mol. The molecule has 47 heavy (non-hydrogen) atoms. The maximum absolute atomic E-state index is 14.5. The number of rotatable bonds is 4. The molecule has 256 valence electrons. The van der Waals surface area contributed by atoms with Gasteiger partial charge in [0.1, 0.15) is 102 Å². The summed E-state index contributed by atoms with van der Waals surface area (Å²) < 4.78 is 22.8. The van der Waals surface area contributed by atoms with E-state index in [-0.39, 0.29) is 17.1 Å². The normalized spacial score (nSPS) is 36.4. The number of aliphatic hydroxyl groups excluding tert-OH is 9. The lowest BCUT2D eigenvalue weighted by molar-refractivity contribution is -0.191. The number of aromatic hydroxyl groups is 3. The van der Waals surface area contributed by atoms with Crippen molar-refractivity contribution in [2.45, 2.75) is 73.2 Å². The van der Waals surface area contributed by atoms with E-state index in [0.717, 1.165) is 0 Å². The molecule has 3 aliphatic rings. The van der Waals surface area contributed by atoms with Gasteiger partial charge in [0.15, 0.2) is 5.58 Å². The van der Waals surface area contributed by atoms with Crippen molar-refractivity contribution in [3.63, 3.8) is 0 Å². The van der Waals surface area contributed by atoms with Crippen LogP contribution >= 0.6 is 0 Å². The van der Waals surface area contributed by atoms with Crippen LogP contribution in [-0.2, 0) is 14.2 Å². The van der Waals surface area contributed by atoms with Gasteiger partial charge in [-0.15, -0.1) is 0 Å². The second-order valence-electron chi connectivity index (χ2n) is 11.9. The van der Waals surface area contributed by atoms with Crippen LogP contribution in [0.3, 0.4) is 0 Å². The molecule has 2 aromatic carbocycles. The number of hydrogen-bond acceptors (Lipinski definition) is 17. The Morgan fingerprint density at radius 1 is 0.532 bits per heavy atom. The van der Waals surface area contributed by atoms with Crippen LogP contribution < -0.4 is 5.43 Å². The Hall–Kier alpha value is -3.43. The van der Waals surface area contributed by atoms with Crippen LogP contribution in [0.5, 0.6) is 17.2 Å². The fourth-order valence-corrected chi connectivity index (χ4v) is 6.25. The fourth-order valence-electron chi connectivity index (χ4n) is 6.25. The third-order valence-electron chi connectivity index (χ3n) is 8.88. The topological polar surface area (TPSA) is 301 Å². The smallest absolute Gasteiger partial charge is 0.203 e. The molecule has 6 rings (SSSR count). The predicted octanol–water partition coefficient (Wildman–Crippen LogP) is -2.96. The van der Waals surface area contributed by atoms with Crippen LogP contribution in [0.1, 0.15) is 35.0 Å². The molecule has 12 N–H and O–H groups in total. The molecule has 17 heteroatoms. The fraction of sp³-hybridized carbons (Fsp3) is 0.500. The summed E-state index contributed by atoms with van der Waals surface area (Å²) in [6.07, 6.45) is -21.3. The highest BCUT2D eigenvalue weighted by atomic mass is 16.5. The molecule has 0 spiro atoms. The van der Waals surface area contributed by atoms with E-state index in [0.29, 0.717) is 0 Å². The van der Waals surface area contributed by atoms with E-state index in [1.807, 2.05) is 0 Å². The van der Waals surface area contributed by atoms with Gasteiger partial charge in [-0.25, -0.2) is 0 Å². The van der Waals surface area contributed by atoms with Gasteiger partial charge >= 0.3 is 0 Å². The van der Waals surface area contributed by atoms with Crippen molar-refractivity contribution in [2.75, 3.05) is 19.8 Å². The second-order valence-corrected chi connectivity index (χ2v) is 11.9. The third kappa shape index (κ3) is 5.43. The minimum Gasteiger partial charge on any atom is -0.508 e. The van der Waals surface area contributed by atoms with Crippen LogP contribution in [0.4, 0.5) is 0 Å². The predicted molar refractivity (Wildman–Crippen MR) is 153 cm³/mol. The van der Waals surface area contributed by atoms with Gasteiger partial charge in [0.05, 0.1) is 36.5 Å². The van der Waals surface area contributed by atoms with E-state index < -0.39 is 138 Å². The molecule has 0 unspecified atom stereocenters. The summed E-state index contributed by atoms with van der Waals surface area (Å²) in [6.45, 7) is -1.72. The lowest BCUT2D eigenvalue weighted by Gasteiger charge is -2.38. The summed E-state index contributed by atoms with van der Waals surface area (Å²) in [7, 11) is 0. The van der Waals surface area contributed by atoms with Crippen molar-refractivity contribution in [3.8, 4) is 28.6 Å². The third-order valence-corrected chi connectivity index (χ3v) is 8.88. The molecule has 0 saturated carbocycles. The standard InChI is InChI=1S/C30H34O17/c31-9-3-1-8(2-4-9)26-15(29-24(42)18(36)11(33)6-45-29)21(39)13-20(38)14(28-23(41)17(35)10(32)5-44-28)22(40)16(27(13)47-26)30-25(43)19(37)12(34)7-46-30/h1-4,10-12,17-19,23-25,28-38,40-43H,5-7H2/t10-,11-,12-,17+,18+,19+,23-,24-,25-,28+,29+,30+/m1/s1. The molecular formula is C30H34O17. The monoisotopic (exact) mass is 666 g/mol. The maximum Gasteiger partial charge on any atom is 0.203 e. The van der Waals surface area contributed by atoms with E-state index in [9.17, 15) is 66.1 Å². The van der Waals surface area contributed by atoms with Crippen LogP contribution in [-0.4, -0.2) is 136 Å². The first-order chi connectivity index (χ1) is 22.2. The van der Waals surface area contributed by atoms with E-state index in [1.165, 1.54) is 24.3 Å². The molecule has 12 atom stereocenters. The molecule has 4 heterocycles. The summed E-state index contributed by atoms with van der Waals surface area (Å²) in [5, 5.41) is 127.